The summed E-state index contributed by atoms with van der Waals surface area (Å²) in [5, 5.41) is 7.16. The lowest BCUT2D eigenvalue weighted by Gasteiger charge is -2.35. The van der Waals surface area contributed by atoms with Crippen molar-refractivity contribution in [2.75, 3.05) is 13.1 Å². The molecule has 2 aromatic rings. The van der Waals surface area contributed by atoms with E-state index in [1.165, 1.54) is 0 Å². The molecule has 1 aliphatic rings. The van der Waals surface area contributed by atoms with Gasteiger partial charge in [-0.05, 0) is 26.0 Å². The van der Waals surface area contributed by atoms with Gasteiger partial charge in [0.15, 0.2) is 5.82 Å². The molecule has 1 fully saturated rings. The van der Waals surface area contributed by atoms with Crippen LogP contribution in [0.3, 0.4) is 0 Å². The molecular weight excluding hydrogens is 294 g/mol. The van der Waals surface area contributed by atoms with E-state index >= 15 is 0 Å². The van der Waals surface area contributed by atoms with Crippen molar-refractivity contribution >= 4 is 6.03 Å². The van der Waals surface area contributed by atoms with Gasteiger partial charge in [-0.3, -0.25) is 0 Å². The highest BCUT2D eigenvalue weighted by Gasteiger charge is 2.25. The molecule has 3 heterocycles. The topological polar surface area (TPSA) is 72.3 Å². The maximum Gasteiger partial charge on any atom is 0.317 e. The van der Waals surface area contributed by atoms with Gasteiger partial charge in [0, 0.05) is 43.8 Å². The van der Waals surface area contributed by atoms with Crippen LogP contribution in [0, 0.1) is 0 Å². The van der Waals surface area contributed by atoms with Crippen molar-refractivity contribution in [1.82, 2.24) is 25.0 Å². The minimum Gasteiger partial charge on any atom is -0.372 e. The van der Waals surface area contributed by atoms with Crippen LogP contribution in [0.15, 0.2) is 36.8 Å². The molecule has 2 aromatic heterocycles. The van der Waals surface area contributed by atoms with E-state index in [0.717, 1.165) is 11.4 Å². The standard InChI is InChI=1S/C16H21N5O2/c1-12-10-20(11-13(2)23-12)16(22)18-9-14-5-3-6-17-15(14)21-8-4-7-19-21/h3-8,12-13H,9-11H2,1-2H3,(H,18,22)/t12-,13-/m1/s1. The third kappa shape index (κ3) is 3.68. The molecular formula is C16H21N5O2. The summed E-state index contributed by atoms with van der Waals surface area (Å²) < 4.78 is 7.35. The first kappa shape index (κ1) is 15.5. The molecule has 1 N–H and O–H groups in total. The van der Waals surface area contributed by atoms with Gasteiger partial charge in [-0.1, -0.05) is 6.07 Å². The summed E-state index contributed by atoms with van der Waals surface area (Å²) in [5.41, 5.74) is 0.916. The van der Waals surface area contributed by atoms with Crippen molar-refractivity contribution in [3.63, 3.8) is 0 Å². The third-order valence-electron chi connectivity index (χ3n) is 3.73. The van der Waals surface area contributed by atoms with Crippen molar-refractivity contribution < 1.29 is 9.53 Å². The SMILES string of the molecule is C[C@@H]1CN(C(=O)NCc2cccnc2-n2cccn2)C[C@@H](C)O1. The Morgan fingerprint density at radius 2 is 2.09 bits per heavy atom. The van der Waals surface area contributed by atoms with E-state index in [1.807, 2.05) is 38.2 Å². The van der Waals surface area contributed by atoms with Gasteiger partial charge in [0.1, 0.15) is 0 Å². The van der Waals surface area contributed by atoms with Crippen LogP contribution >= 0.6 is 0 Å². The summed E-state index contributed by atoms with van der Waals surface area (Å²) >= 11 is 0. The number of aromatic nitrogens is 3. The minimum absolute atomic E-state index is 0.0579. The molecule has 122 valence electrons. The van der Waals surface area contributed by atoms with E-state index < -0.39 is 0 Å². The number of carbonyl (C=O) groups excluding carboxylic acids is 1. The number of pyridine rings is 1. The van der Waals surface area contributed by atoms with Crippen LogP contribution < -0.4 is 5.32 Å². The number of carbonyl (C=O) groups is 1. The second-order valence-electron chi connectivity index (χ2n) is 5.76. The Hall–Kier alpha value is -2.41. The zero-order chi connectivity index (χ0) is 16.2. The molecule has 0 saturated carbocycles. The first-order chi connectivity index (χ1) is 11.1. The van der Waals surface area contributed by atoms with E-state index in [9.17, 15) is 4.79 Å². The Morgan fingerprint density at radius 1 is 1.30 bits per heavy atom. The van der Waals surface area contributed by atoms with Gasteiger partial charge in [-0.2, -0.15) is 5.10 Å². The summed E-state index contributed by atoms with van der Waals surface area (Å²) in [6.45, 7) is 5.58. The molecule has 2 atom stereocenters. The summed E-state index contributed by atoms with van der Waals surface area (Å²) in [7, 11) is 0. The first-order valence-electron chi connectivity index (χ1n) is 7.75. The zero-order valence-electron chi connectivity index (χ0n) is 13.3. The molecule has 0 aliphatic carbocycles. The molecule has 0 aromatic carbocycles. The second kappa shape index (κ2) is 6.78. The molecule has 0 bridgehead atoms. The summed E-state index contributed by atoms with van der Waals surface area (Å²) in [6.07, 6.45) is 5.37. The Kier molecular flexibility index (Phi) is 4.57. The lowest BCUT2D eigenvalue weighted by molar-refractivity contribution is -0.0545. The average molecular weight is 315 g/mol. The van der Waals surface area contributed by atoms with E-state index in [1.54, 1.807) is 22.0 Å². The Morgan fingerprint density at radius 3 is 2.78 bits per heavy atom. The molecule has 2 amide bonds. The van der Waals surface area contributed by atoms with Gasteiger partial charge < -0.3 is 15.0 Å². The number of nitrogens with one attached hydrogen (secondary N) is 1. The Balaban J connectivity index is 1.66. The maximum absolute atomic E-state index is 12.4. The zero-order valence-corrected chi connectivity index (χ0v) is 13.3. The molecule has 0 spiro atoms. The van der Waals surface area contributed by atoms with Gasteiger partial charge >= 0.3 is 6.03 Å². The third-order valence-corrected chi connectivity index (χ3v) is 3.73. The van der Waals surface area contributed by atoms with Crippen molar-refractivity contribution in [2.24, 2.45) is 0 Å². The quantitative estimate of drug-likeness (QED) is 0.933. The predicted octanol–water partition coefficient (Wildman–Crippen LogP) is 1.59. The van der Waals surface area contributed by atoms with Crippen LogP contribution in [0.25, 0.3) is 5.82 Å². The number of rotatable bonds is 3. The molecule has 7 nitrogen and oxygen atoms in total. The lowest BCUT2D eigenvalue weighted by atomic mass is 10.2. The van der Waals surface area contributed by atoms with Gasteiger partial charge in [-0.25, -0.2) is 14.5 Å². The average Bonchev–Trinajstić information content (AvgIpc) is 3.06. The molecule has 7 heteroatoms. The number of ether oxygens (including phenoxy) is 1. The second-order valence-corrected chi connectivity index (χ2v) is 5.76. The van der Waals surface area contributed by atoms with E-state index in [0.29, 0.717) is 19.6 Å². The monoisotopic (exact) mass is 315 g/mol. The van der Waals surface area contributed by atoms with Crippen LogP contribution in [0.5, 0.6) is 0 Å². The van der Waals surface area contributed by atoms with Crippen LogP contribution in [-0.2, 0) is 11.3 Å². The highest BCUT2D eigenvalue weighted by Crippen LogP contribution is 2.12. The molecule has 3 rings (SSSR count). The van der Waals surface area contributed by atoms with Gasteiger partial charge in [-0.15, -0.1) is 0 Å². The maximum atomic E-state index is 12.4. The normalized spacial score (nSPS) is 21.2. The molecule has 1 saturated heterocycles. The number of nitrogens with zero attached hydrogens (tertiary/aromatic N) is 4. The number of morpholine rings is 1. The largest absolute Gasteiger partial charge is 0.372 e. The number of hydrogen-bond donors (Lipinski definition) is 1. The minimum atomic E-state index is -0.0812. The van der Waals surface area contributed by atoms with E-state index in [4.69, 9.17) is 4.74 Å². The van der Waals surface area contributed by atoms with E-state index in [-0.39, 0.29) is 18.2 Å². The summed E-state index contributed by atoms with van der Waals surface area (Å²) in [4.78, 5) is 18.5. The van der Waals surface area contributed by atoms with Crippen molar-refractivity contribution in [2.45, 2.75) is 32.6 Å². The summed E-state index contributed by atoms with van der Waals surface area (Å²) in [5.74, 6) is 0.724. The van der Waals surface area contributed by atoms with Crippen molar-refractivity contribution in [1.29, 1.82) is 0 Å². The molecule has 0 unspecified atom stereocenters. The van der Waals surface area contributed by atoms with Crippen molar-refractivity contribution in [3.05, 3.63) is 42.4 Å². The fraction of sp³-hybridized carbons (Fsp3) is 0.438. The molecule has 23 heavy (non-hydrogen) atoms. The number of urea groups is 1. The van der Waals surface area contributed by atoms with Gasteiger partial charge in [0.05, 0.1) is 12.2 Å². The number of hydrogen-bond acceptors (Lipinski definition) is 4. The fourth-order valence-corrected chi connectivity index (χ4v) is 2.80. The lowest BCUT2D eigenvalue weighted by Crippen LogP contribution is -2.51. The fourth-order valence-electron chi connectivity index (χ4n) is 2.80. The number of amides is 2. The first-order valence-corrected chi connectivity index (χ1v) is 7.75. The highest BCUT2D eigenvalue weighted by molar-refractivity contribution is 5.74. The molecule has 0 radical (unpaired) electrons. The van der Waals surface area contributed by atoms with Crippen molar-refractivity contribution in [3.8, 4) is 5.82 Å². The van der Waals surface area contributed by atoms with E-state index in [2.05, 4.69) is 15.4 Å². The summed E-state index contributed by atoms with van der Waals surface area (Å²) in [6, 6.07) is 5.55. The van der Waals surface area contributed by atoms with Crippen LogP contribution in [0.4, 0.5) is 4.79 Å². The predicted molar refractivity (Wildman–Crippen MR) is 85.2 cm³/mol. The van der Waals surface area contributed by atoms with Crippen LogP contribution in [0.1, 0.15) is 19.4 Å². The van der Waals surface area contributed by atoms with Crippen LogP contribution in [-0.4, -0.2) is 51.0 Å². The molecule has 1 aliphatic heterocycles. The Bertz CT molecular complexity index is 648. The Labute approximate surface area is 135 Å². The van der Waals surface area contributed by atoms with Crippen LogP contribution in [0.2, 0.25) is 0 Å². The smallest absolute Gasteiger partial charge is 0.317 e. The van der Waals surface area contributed by atoms with Gasteiger partial charge in [0.25, 0.3) is 0 Å². The van der Waals surface area contributed by atoms with Gasteiger partial charge in [0.2, 0.25) is 0 Å². The highest BCUT2D eigenvalue weighted by atomic mass is 16.5.